The summed E-state index contributed by atoms with van der Waals surface area (Å²) in [5.74, 6) is -2.98. The number of aromatic hydroxyl groups is 2. The Hall–Kier alpha value is -4.54. The van der Waals surface area contributed by atoms with Crippen LogP contribution in [0.25, 0.3) is 31.3 Å². The smallest absolute Gasteiger partial charge is 0.325 e. The highest BCUT2D eigenvalue weighted by Crippen LogP contribution is 2.38. The summed E-state index contributed by atoms with van der Waals surface area (Å²) in [5.41, 5.74) is -0.680. The van der Waals surface area contributed by atoms with Crippen LogP contribution in [0.15, 0.2) is 68.7 Å². The van der Waals surface area contributed by atoms with Crippen LogP contribution in [-0.4, -0.2) is 60.3 Å². The Kier molecular flexibility index (Phi) is 13.5. The fourth-order valence-corrected chi connectivity index (χ4v) is 7.80. The Balaban J connectivity index is 0.000000233. The third-order valence-electron chi connectivity index (χ3n) is 6.77. The van der Waals surface area contributed by atoms with E-state index < -0.39 is 69.0 Å². The highest BCUT2D eigenvalue weighted by Gasteiger charge is 2.23. The fourth-order valence-electron chi connectivity index (χ4n) is 4.60. The van der Waals surface area contributed by atoms with Gasteiger partial charge in [0.2, 0.25) is 10.9 Å². The molecule has 0 aliphatic rings. The van der Waals surface area contributed by atoms with Crippen molar-refractivity contribution in [2.45, 2.75) is 13.8 Å². The summed E-state index contributed by atoms with van der Waals surface area (Å²) in [6.07, 6.45) is 0. The van der Waals surface area contributed by atoms with Gasteiger partial charge in [-0.05, 0) is 59.6 Å². The molecular weight excluding hydrogens is 811 g/mol. The summed E-state index contributed by atoms with van der Waals surface area (Å²) in [7, 11) is 0. The molecule has 5 aromatic rings. The van der Waals surface area contributed by atoms with E-state index in [2.05, 4.69) is 31.3 Å². The number of carbonyl (C=O) groups excluding carboxylic acids is 4. The lowest BCUT2D eigenvalue weighted by molar-refractivity contribution is -0.142. The van der Waals surface area contributed by atoms with Crippen LogP contribution >= 0.6 is 61.8 Å². The minimum absolute atomic E-state index is 0.172. The van der Waals surface area contributed by atoms with E-state index in [1.165, 1.54) is 12.1 Å². The Morgan fingerprint density at radius 3 is 1.67 bits per heavy atom. The molecule has 2 amide bonds. The Morgan fingerprint density at radius 2 is 1.18 bits per heavy atom. The van der Waals surface area contributed by atoms with E-state index in [0.717, 1.165) is 28.2 Å². The van der Waals surface area contributed by atoms with Crippen molar-refractivity contribution in [1.29, 1.82) is 0 Å². The first-order chi connectivity index (χ1) is 24.3. The van der Waals surface area contributed by atoms with Gasteiger partial charge in [0.15, 0.2) is 10.1 Å². The molecule has 4 N–H and O–H groups in total. The molecule has 0 atom stereocenters. The number of halogens is 3. The average molecular weight is 839 g/mol. The van der Waals surface area contributed by atoms with Crippen LogP contribution < -0.4 is 21.5 Å². The molecule has 2 aromatic heterocycles. The van der Waals surface area contributed by atoms with Gasteiger partial charge in [-0.25, -0.2) is 0 Å². The molecule has 0 radical (unpaired) electrons. The van der Waals surface area contributed by atoms with Crippen LogP contribution in [0, 0.1) is 0 Å². The maximum absolute atomic E-state index is 12.9. The molecule has 17 heteroatoms. The number of esters is 2. The molecule has 3 aromatic carbocycles. The monoisotopic (exact) mass is 836 g/mol. The van der Waals surface area contributed by atoms with Crippen molar-refractivity contribution in [2.24, 2.45) is 0 Å². The van der Waals surface area contributed by atoms with E-state index in [4.69, 9.17) is 27.9 Å². The van der Waals surface area contributed by atoms with Crippen LogP contribution in [-0.2, 0) is 19.1 Å². The number of nitrogens with one attached hydrogen (secondary N) is 2. The SMILES string of the molecule is CCOC(=O)CNC(=O)c1c(O)sc2c(-c3ccccc3)cc(Cl)cc2c1=O.CCOC(=O)CNC(=O)c1c(O)sc2c(Br)cc(Cl)cc2c1=O. The molecule has 0 spiro atoms. The molecule has 0 fully saturated rings. The lowest BCUT2D eigenvalue weighted by atomic mass is 10.0. The zero-order valence-electron chi connectivity index (χ0n) is 26.6. The molecule has 0 bridgehead atoms. The van der Waals surface area contributed by atoms with Gasteiger partial charge >= 0.3 is 11.9 Å². The first kappa shape index (κ1) is 39.2. The van der Waals surface area contributed by atoms with Gasteiger partial charge in [0, 0.05) is 35.6 Å². The van der Waals surface area contributed by atoms with Crippen molar-refractivity contribution in [1.82, 2.24) is 10.6 Å². The predicted molar refractivity (Wildman–Crippen MR) is 201 cm³/mol. The van der Waals surface area contributed by atoms with Crippen molar-refractivity contribution in [3.8, 4) is 21.3 Å². The Bertz CT molecular complexity index is 2280. The van der Waals surface area contributed by atoms with E-state index in [1.54, 1.807) is 26.0 Å². The van der Waals surface area contributed by atoms with Crippen LogP contribution in [0.4, 0.5) is 0 Å². The van der Waals surface area contributed by atoms with Gasteiger partial charge < -0.3 is 30.3 Å². The summed E-state index contributed by atoms with van der Waals surface area (Å²) < 4.78 is 10.9. The molecule has 0 unspecified atom stereocenters. The van der Waals surface area contributed by atoms with E-state index in [9.17, 15) is 39.0 Å². The third-order valence-corrected chi connectivity index (χ3v) is 10.2. The van der Waals surface area contributed by atoms with Gasteiger partial charge in [-0.15, -0.1) is 0 Å². The minimum Gasteiger partial charge on any atom is -0.499 e. The molecular formula is C34H27BrCl2N2O10S2. The first-order valence-corrected chi connectivity index (χ1v) is 18.0. The van der Waals surface area contributed by atoms with Crippen molar-refractivity contribution in [3.63, 3.8) is 0 Å². The highest BCUT2D eigenvalue weighted by atomic mass is 79.9. The molecule has 12 nitrogen and oxygen atoms in total. The van der Waals surface area contributed by atoms with E-state index in [-0.39, 0.29) is 24.0 Å². The van der Waals surface area contributed by atoms with E-state index >= 15 is 0 Å². The Labute approximate surface area is 315 Å². The second-order valence-electron chi connectivity index (χ2n) is 10.2. The molecule has 51 heavy (non-hydrogen) atoms. The lowest BCUT2D eigenvalue weighted by Gasteiger charge is -2.10. The zero-order valence-corrected chi connectivity index (χ0v) is 31.4. The second kappa shape index (κ2) is 17.6. The maximum atomic E-state index is 12.9. The molecule has 0 aliphatic heterocycles. The van der Waals surface area contributed by atoms with Crippen LogP contribution in [0.5, 0.6) is 10.1 Å². The average Bonchev–Trinajstić information content (AvgIpc) is 3.08. The number of amides is 2. The van der Waals surface area contributed by atoms with Crippen LogP contribution in [0.3, 0.4) is 0 Å². The maximum Gasteiger partial charge on any atom is 0.325 e. The topological polar surface area (TPSA) is 185 Å². The molecule has 2 heterocycles. The summed E-state index contributed by atoms with van der Waals surface area (Å²) >= 11 is 17.1. The van der Waals surface area contributed by atoms with Crippen molar-refractivity contribution < 1.29 is 38.9 Å². The van der Waals surface area contributed by atoms with Gasteiger partial charge in [-0.1, -0.05) is 76.2 Å². The van der Waals surface area contributed by atoms with Crippen LogP contribution in [0.2, 0.25) is 10.0 Å². The van der Waals surface area contributed by atoms with Crippen molar-refractivity contribution >= 4 is 106 Å². The molecule has 0 saturated heterocycles. The summed E-state index contributed by atoms with van der Waals surface area (Å²) in [6, 6.07) is 15.4. The van der Waals surface area contributed by atoms with Crippen LogP contribution in [0.1, 0.15) is 34.6 Å². The van der Waals surface area contributed by atoms with Crippen molar-refractivity contribution in [2.75, 3.05) is 26.3 Å². The number of ether oxygens (including phenoxy) is 2. The first-order valence-electron chi connectivity index (χ1n) is 14.8. The molecule has 0 aliphatic carbocycles. The fraction of sp³-hybridized carbons (Fsp3) is 0.176. The Morgan fingerprint density at radius 1 is 0.725 bits per heavy atom. The van der Waals surface area contributed by atoms with E-state index in [1.807, 2.05) is 30.3 Å². The number of carbonyl (C=O) groups is 4. The molecule has 0 saturated carbocycles. The lowest BCUT2D eigenvalue weighted by Crippen LogP contribution is -2.33. The quantitative estimate of drug-likeness (QED) is 0.124. The normalized spacial score (nSPS) is 10.6. The summed E-state index contributed by atoms with van der Waals surface area (Å²) in [4.78, 5) is 72.5. The number of fused-ring (bicyclic) bond motifs is 2. The number of hydrogen-bond acceptors (Lipinski definition) is 12. The van der Waals surface area contributed by atoms with Gasteiger partial charge in [0.25, 0.3) is 11.8 Å². The van der Waals surface area contributed by atoms with Gasteiger partial charge in [-0.3, -0.25) is 28.8 Å². The molecule has 5 rings (SSSR count). The van der Waals surface area contributed by atoms with Gasteiger partial charge in [0.1, 0.15) is 24.2 Å². The van der Waals surface area contributed by atoms with Gasteiger partial charge in [0.05, 0.1) is 17.9 Å². The summed E-state index contributed by atoms with van der Waals surface area (Å²) in [5, 5.41) is 25.1. The standard InChI is InChI=1S/C20H16ClNO5S.C14H11BrClNO5S/c1-2-27-15(23)10-22-19(25)16-17(24)14-9-12(21)8-13(18(14)28-20(16)26)11-6-4-3-5-7-11;1-2-22-9(18)5-17-13(20)10-11(19)7-3-6(16)4-8(15)12(7)23-14(10)21/h3-9,26H,2,10H2,1H3,(H,22,25);3-4,21H,2,5H2,1H3,(H,17,20). The second-order valence-corrected chi connectivity index (χ2v) is 13.9. The van der Waals surface area contributed by atoms with E-state index in [0.29, 0.717) is 29.5 Å². The number of rotatable bonds is 9. The van der Waals surface area contributed by atoms with Crippen molar-refractivity contribution in [3.05, 3.63) is 101 Å². The third kappa shape index (κ3) is 9.42. The molecule has 266 valence electrons. The predicted octanol–water partition coefficient (Wildman–Crippen LogP) is 6.26. The highest BCUT2D eigenvalue weighted by molar-refractivity contribution is 9.10. The number of benzene rings is 3. The minimum atomic E-state index is -0.852. The largest absolute Gasteiger partial charge is 0.499 e. The zero-order chi connectivity index (χ0) is 37.4. The summed E-state index contributed by atoms with van der Waals surface area (Å²) in [6.45, 7) is 2.82. The van der Waals surface area contributed by atoms with Gasteiger partial charge in [-0.2, -0.15) is 0 Å². The number of hydrogen-bond donors (Lipinski definition) is 4.